The van der Waals surface area contributed by atoms with Crippen LogP contribution in [0.15, 0.2) is 18.2 Å². The SMILES string of the molecule is CN1C[C@@H](CCN2CCNCC2)Oc2ccc(F)cc21. The average molecular weight is 279 g/mol. The Morgan fingerprint density at radius 2 is 2.15 bits per heavy atom. The molecule has 5 heteroatoms. The molecule has 1 N–H and O–H groups in total. The molecule has 0 aromatic heterocycles. The van der Waals surface area contributed by atoms with Crippen LogP contribution in [0.1, 0.15) is 6.42 Å². The molecule has 0 saturated carbocycles. The number of anilines is 1. The molecular formula is C15H22FN3O. The smallest absolute Gasteiger partial charge is 0.143 e. The zero-order chi connectivity index (χ0) is 13.9. The maximum atomic E-state index is 13.3. The van der Waals surface area contributed by atoms with Crippen LogP contribution in [-0.4, -0.2) is 57.3 Å². The first-order chi connectivity index (χ1) is 9.72. The summed E-state index contributed by atoms with van der Waals surface area (Å²) in [6, 6.07) is 4.74. The van der Waals surface area contributed by atoms with Crippen molar-refractivity contribution >= 4 is 5.69 Å². The van der Waals surface area contributed by atoms with Crippen molar-refractivity contribution in [2.24, 2.45) is 0 Å². The fraction of sp³-hybridized carbons (Fsp3) is 0.600. The van der Waals surface area contributed by atoms with Gasteiger partial charge in [0.25, 0.3) is 0 Å². The number of piperazine rings is 1. The van der Waals surface area contributed by atoms with Gasteiger partial charge in [-0.2, -0.15) is 0 Å². The van der Waals surface area contributed by atoms with E-state index in [2.05, 4.69) is 15.1 Å². The third-order valence-corrected chi connectivity index (χ3v) is 4.08. The number of fused-ring (bicyclic) bond motifs is 1. The summed E-state index contributed by atoms with van der Waals surface area (Å²) in [5.41, 5.74) is 0.850. The normalized spacial score (nSPS) is 23.3. The zero-order valence-electron chi connectivity index (χ0n) is 11.9. The lowest BCUT2D eigenvalue weighted by Crippen LogP contribution is -2.46. The van der Waals surface area contributed by atoms with Gasteiger partial charge < -0.3 is 19.9 Å². The lowest BCUT2D eigenvalue weighted by molar-refractivity contribution is 0.152. The van der Waals surface area contributed by atoms with Crippen LogP contribution < -0.4 is 15.0 Å². The number of ether oxygens (including phenoxy) is 1. The minimum atomic E-state index is -0.210. The van der Waals surface area contributed by atoms with Crippen molar-refractivity contribution in [1.82, 2.24) is 10.2 Å². The summed E-state index contributed by atoms with van der Waals surface area (Å²) >= 11 is 0. The van der Waals surface area contributed by atoms with Crippen molar-refractivity contribution in [3.63, 3.8) is 0 Å². The number of benzene rings is 1. The highest BCUT2D eigenvalue weighted by Crippen LogP contribution is 2.33. The summed E-state index contributed by atoms with van der Waals surface area (Å²) in [6.07, 6.45) is 1.20. The van der Waals surface area contributed by atoms with Crippen molar-refractivity contribution in [3.05, 3.63) is 24.0 Å². The lowest BCUT2D eigenvalue weighted by atomic mass is 10.1. The summed E-state index contributed by atoms with van der Waals surface area (Å²) in [4.78, 5) is 4.56. The molecule has 3 rings (SSSR count). The van der Waals surface area contributed by atoms with Gasteiger partial charge in [-0.15, -0.1) is 0 Å². The van der Waals surface area contributed by atoms with E-state index in [1.165, 1.54) is 6.07 Å². The Labute approximate surface area is 119 Å². The van der Waals surface area contributed by atoms with Crippen molar-refractivity contribution in [1.29, 1.82) is 0 Å². The van der Waals surface area contributed by atoms with E-state index in [0.29, 0.717) is 0 Å². The molecule has 0 amide bonds. The summed E-state index contributed by atoms with van der Waals surface area (Å²) < 4.78 is 19.3. The minimum Gasteiger partial charge on any atom is -0.486 e. The molecule has 1 saturated heterocycles. The van der Waals surface area contributed by atoms with Gasteiger partial charge in [-0.25, -0.2) is 4.39 Å². The molecular weight excluding hydrogens is 257 g/mol. The number of nitrogens with zero attached hydrogens (tertiary/aromatic N) is 2. The zero-order valence-corrected chi connectivity index (χ0v) is 11.9. The van der Waals surface area contributed by atoms with Gasteiger partial charge in [-0.05, 0) is 18.6 Å². The van der Waals surface area contributed by atoms with Gasteiger partial charge in [0.1, 0.15) is 17.7 Å². The van der Waals surface area contributed by atoms with Crippen molar-refractivity contribution in [2.45, 2.75) is 12.5 Å². The monoisotopic (exact) mass is 279 g/mol. The van der Waals surface area contributed by atoms with Crippen LogP contribution in [0.2, 0.25) is 0 Å². The van der Waals surface area contributed by atoms with E-state index in [1.54, 1.807) is 12.1 Å². The first kappa shape index (κ1) is 13.6. The average Bonchev–Trinajstić information content (AvgIpc) is 2.47. The largest absolute Gasteiger partial charge is 0.486 e. The van der Waals surface area contributed by atoms with Gasteiger partial charge >= 0.3 is 0 Å². The summed E-state index contributed by atoms with van der Waals surface area (Å²) in [5.74, 6) is 0.587. The van der Waals surface area contributed by atoms with Gasteiger partial charge in [0, 0.05) is 45.8 Å². The number of nitrogens with one attached hydrogen (secondary N) is 1. The Balaban J connectivity index is 1.58. The van der Waals surface area contributed by atoms with Gasteiger partial charge in [0.2, 0.25) is 0 Å². The van der Waals surface area contributed by atoms with Crippen molar-refractivity contribution < 1.29 is 9.13 Å². The van der Waals surface area contributed by atoms with Crippen LogP contribution in [0.5, 0.6) is 5.75 Å². The molecule has 0 unspecified atom stereocenters. The molecule has 0 spiro atoms. The van der Waals surface area contributed by atoms with Gasteiger partial charge in [0.15, 0.2) is 0 Å². The lowest BCUT2D eigenvalue weighted by Gasteiger charge is -2.35. The van der Waals surface area contributed by atoms with Crippen LogP contribution in [-0.2, 0) is 0 Å². The third-order valence-electron chi connectivity index (χ3n) is 4.08. The minimum absolute atomic E-state index is 0.188. The third kappa shape index (κ3) is 3.04. The summed E-state index contributed by atoms with van der Waals surface area (Å²) in [6.45, 7) is 6.27. The van der Waals surface area contributed by atoms with E-state index in [4.69, 9.17) is 4.74 Å². The second kappa shape index (κ2) is 5.97. The van der Waals surface area contributed by atoms with E-state index >= 15 is 0 Å². The fourth-order valence-electron chi connectivity index (χ4n) is 2.92. The molecule has 1 aromatic rings. The standard InChI is InChI=1S/C15H22FN3O/c1-18-11-13(4-7-19-8-5-17-6-9-19)20-15-3-2-12(16)10-14(15)18/h2-3,10,13,17H,4-9,11H2,1H3/t13-/m1/s1. The van der Waals surface area contributed by atoms with Crippen molar-refractivity contribution in [2.75, 3.05) is 51.2 Å². The first-order valence-corrected chi connectivity index (χ1v) is 7.33. The molecule has 4 nitrogen and oxygen atoms in total. The Morgan fingerprint density at radius 3 is 2.95 bits per heavy atom. The molecule has 1 aromatic carbocycles. The molecule has 2 aliphatic heterocycles. The molecule has 1 fully saturated rings. The van der Waals surface area contributed by atoms with E-state index in [1.807, 2.05) is 7.05 Å². The van der Waals surface area contributed by atoms with Gasteiger partial charge in [0.05, 0.1) is 12.2 Å². The van der Waals surface area contributed by atoms with E-state index < -0.39 is 0 Å². The predicted octanol–water partition coefficient (Wildman–Crippen LogP) is 1.32. The van der Waals surface area contributed by atoms with E-state index in [9.17, 15) is 4.39 Å². The van der Waals surface area contributed by atoms with Crippen LogP contribution in [0.4, 0.5) is 10.1 Å². The Hall–Kier alpha value is -1.33. The topological polar surface area (TPSA) is 27.7 Å². The van der Waals surface area contributed by atoms with Crippen LogP contribution >= 0.6 is 0 Å². The number of hydrogen-bond donors (Lipinski definition) is 1. The Bertz CT molecular complexity index is 462. The maximum absolute atomic E-state index is 13.3. The highest BCUT2D eigenvalue weighted by Gasteiger charge is 2.24. The molecule has 0 radical (unpaired) electrons. The number of hydrogen-bond acceptors (Lipinski definition) is 4. The van der Waals surface area contributed by atoms with Crippen LogP contribution in [0.25, 0.3) is 0 Å². The maximum Gasteiger partial charge on any atom is 0.143 e. The number of likely N-dealkylation sites (N-methyl/N-ethyl adjacent to an activating group) is 1. The van der Waals surface area contributed by atoms with Gasteiger partial charge in [-0.3, -0.25) is 0 Å². The molecule has 0 bridgehead atoms. The Morgan fingerprint density at radius 1 is 1.35 bits per heavy atom. The molecule has 110 valence electrons. The fourth-order valence-corrected chi connectivity index (χ4v) is 2.92. The molecule has 2 aliphatic rings. The second-order valence-corrected chi connectivity index (χ2v) is 5.61. The van der Waals surface area contributed by atoms with E-state index in [0.717, 1.165) is 57.1 Å². The number of rotatable bonds is 3. The Kier molecular flexibility index (Phi) is 4.08. The quantitative estimate of drug-likeness (QED) is 0.903. The first-order valence-electron chi connectivity index (χ1n) is 7.33. The van der Waals surface area contributed by atoms with Crippen LogP contribution in [0, 0.1) is 5.82 Å². The van der Waals surface area contributed by atoms with E-state index in [-0.39, 0.29) is 11.9 Å². The summed E-state index contributed by atoms with van der Waals surface area (Å²) in [5, 5.41) is 3.36. The highest BCUT2D eigenvalue weighted by atomic mass is 19.1. The summed E-state index contributed by atoms with van der Waals surface area (Å²) in [7, 11) is 2.00. The molecule has 1 atom stereocenters. The second-order valence-electron chi connectivity index (χ2n) is 5.61. The number of halogens is 1. The molecule has 0 aliphatic carbocycles. The van der Waals surface area contributed by atoms with Crippen LogP contribution in [0.3, 0.4) is 0 Å². The highest BCUT2D eigenvalue weighted by molar-refractivity contribution is 5.59. The molecule has 2 heterocycles. The van der Waals surface area contributed by atoms with Gasteiger partial charge in [-0.1, -0.05) is 0 Å². The molecule has 20 heavy (non-hydrogen) atoms. The van der Waals surface area contributed by atoms with Crippen molar-refractivity contribution in [3.8, 4) is 5.75 Å². The predicted molar refractivity (Wildman–Crippen MR) is 78.0 cm³/mol.